The highest BCUT2D eigenvalue weighted by molar-refractivity contribution is 7.93. The molecule has 0 radical (unpaired) electrons. The number of hydrogen-bond acceptors (Lipinski definition) is 10. The molecule has 1 N–H and O–H groups in total. The average molecular weight is 513 g/mol. The maximum atomic E-state index is 13.2. The highest BCUT2D eigenvalue weighted by atomic mass is 32.2. The third kappa shape index (κ3) is 5.04. The van der Waals surface area contributed by atoms with Crippen LogP contribution in [0.3, 0.4) is 0 Å². The molecule has 2 aliphatic rings. The lowest BCUT2D eigenvalue weighted by molar-refractivity contribution is -0.182. The first-order valence-corrected chi connectivity index (χ1v) is 12.5. The number of rotatable bonds is 8. The van der Waals surface area contributed by atoms with Crippen molar-refractivity contribution in [1.82, 2.24) is 10.2 Å². The maximum absolute atomic E-state index is 13.2. The van der Waals surface area contributed by atoms with Crippen molar-refractivity contribution >= 4 is 34.0 Å². The second-order valence-electron chi connectivity index (χ2n) is 8.54. The van der Waals surface area contributed by atoms with Gasteiger partial charge in [0.25, 0.3) is 0 Å². The fourth-order valence-corrected chi connectivity index (χ4v) is 6.40. The van der Waals surface area contributed by atoms with Crippen LogP contribution in [0.4, 0.5) is 9.59 Å². The number of benzene rings is 1. The van der Waals surface area contributed by atoms with Gasteiger partial charge in [0, 0.05) is 13.5 Å². The number of ether oxygens (including phenoxy) is 4. The number of nitrogens with zero attached hydrogens (tertiary/aromatic N) is 1. The van der Waals surface area contributed by atoms with E-state index in [9.17, 15) is 27.6 Å². The zero-order valence-corrected chi connectivity index (χ0v) is 20.6. The lowest BCUT2D eigenvalue weighted by atomic mass is 9.91. The normalized spacial score (nSPS) is 24.4. The van der Waals surface area contributed by atoms with Gasteiger partial charge in [-0.3, -0.25) is 4.79 Å². The summed E-state index contributed by atoms with van der Waals surface area (Å²) in [6.45, 7) is 5.22. The molecule has 4 atom stereocenters. The number of carbonyl (C=O) groups excluding carboxylic acids is 4. The molecule has 0 aromatic heterocycles. The number of β-lactam (4-membered cyclic amide) rings is 1. The summed E-state index contributed by atoms with van der Waals surface area (Å²) < 4.78 is 44.3. The van der Waals surface area contributed by atoms with Crippen LogP contribution in [0.25, 0.3) is 0 Å². The molecule has 2 amide bonds. The van der Waals surface area contributed by atoms with E-state index in [1.54, 1.807) is 31.2 Å². The van der Waals surface area contributed by atoms with E-state index in [1.807, 2.05) is 6.07 Å². The third-order valence-corrected chi connectivity index (χ3v) is 8.77. The molecule has 2 fully saturated rings. The summed E-state index contributed by atoms with van der Waals surface area (Å²) in [6.07, 6.45) is -3.24. The molecule has 1 aromatic rings. The van der Waals surface area contributed by atoms with E-state index in [1.165, 1.54) is 20.8 Å². The quantitative estimate of drug-likeness (QED) is 0.233. The van der Waals surface area contributed by atoms with Crippen LogP contribution >= 0.6 is 0 Å². The predicted molar refractivity (Wildman–Crippen MR) is 119 cm³/mol. The first-order valence-electron chi connectivity index (χ1n) is 11.0. The molecule has 2 saturated heterocycles. The van der Waals surface area contributed by atoms with Gasteiger partial charge in [-0.1, -0.05) is 30.3 Å². The van der Waals surface area contributed by atoms with Gasteiger partial charge in [0.2, 0.25) is 12.2 Å². The molecule has 0 unspecified atom stereocenters. The van der Waals surface area contributed by atoms with E-state index >= 15 is 0 Å². The summed E-state index contributed by atoms with van der Waals surface area (Å²) in [5.41, 5.74) is 0.760. The Labute approximate surface area is 202 Å². The fourth-order valence-electron chi connectivity index (χ4n) is 4.08. The second kappa shape index (κ2) is 10.1. The molecule has 0 saturated carbocycles. The average Bonchev–Trinajstić information content (AvgIpc) is 2.93. The van der Waals surface area contributed by atoms with Crippen molar-refractivity contribution < 1.29 is 46.5 Å². The summed E-state index contributed by atoms with van der Waals surface area (Å²) in [6, 6.07) is 7.47. The van der Waals surface area contributed by atoms with Gasteiger partial charge < -0.3 is 29.2 Å². The molecule has 0 bridgehead atoms. The van der Waals surface area contributed by atoms with Crippen molar-refractivity contribution in [2.75, 3.05) is 13.2 Å². The van der Waals surface area contributed by atoms with Crippen LogP contribution in [-0.4, -0.2) is 73.0 Å². The van der Waals surface area contributed by atoms with E-state index in [4.69, 9.17) is 14.2 Å². The third-order valence-electron chi connectivity index (χ3n) is 5.89. The van der Waals surface area contributed by atoms with Gasteiger partial charge in [0.05, 0.1) is 17.3 Å². The van der Waals surface area contributed by atoms with Crippen LogP contribution in [0.1, 0.15) is 33.3 Å². The number of fused-ring (bicyclic) bond motifs is 1. The van der Waals surface area contributed by atoms with Crippen LogP contribution in [0.15, 0.2) is 30.3 Å². The van der Waals surface area contributed by atoms with Crippen LogP contribution in [0.2, 0.25) is 0 Å². The summed E-state index contributed by atoms with van der Waals surface area (Å²) in [5.74, 6) is -2.76. The van der Waals surface area contributed by atoms with Crippen molar-refractivity contribution in [1.29, 1.82) is 0 Å². The fraction of sp³-hybridized carbons (Fsp3) is 0.545. The Morgan fingerprint density at radius 1 is 1.11 bits per heavy atom. The zero-order chi connectivity index (χ0) is 26.0. The molecule has 2 heterocycles. The molecule has 1 aromatic carbocycles. The molecule has 0 aliphatic carbocycles. The predicted octanol–water partition coefficient (Wildman–Crippen LogP) is 1.34. The number of carbonyl (C=O) groups is 4. The Morgan fingerprint density at radius 3 is 2.40 bits per heavy atom. The molecule has 0 spiro atoms. The number of hydrogen-bond donors (Lipinski definition) is 1. The highest BCUT2D eigenvalue weighted by Crippen LogP contribution is 2.48. The van der Waals surface area contributed by atoms with Crippen molar-refractivity contribution in [3.05, 3.63) is 35.9 Å². The van der Waals surface area contributed by atoms with Crippen LogP contribution in [0, 0.1) is 5.92 Å². The zero-order valence-electron chi connectivity index (χ0n) is 19.8. The van der Waals surface area contributed by atoms with Gasteiger partial charge in [-0.05, 0) is 26.3 Å². The van der Waals surface area contributed by atoms with E-state index in [2.05, 4.69) is 10.1 Å². The Kier molecular flexibility index (Phi) is 7.58. The minimum atomic E-state index is -4.03. The van der Waals surface area contributed by atoms with Gasteiger partial charge in [0.1, 0.15) is 18.0 Å². The van der Waals surface area contributed by atoms with E-state index < -0.39 is 62.3 Å². The SMILES string of the molecule is CCOC(=O)O[C@@H](C)OC(=O)[C@@H]1N2C(=O)[C@H](CNC(=O)OCc3ccccc3)[C@H]2S(=O)(=O)C1(C)C. The largest absolute Gasteiger partial charge is 0.511 e. The Bertz CT molecular complexity index is 1090. The maximum Gasteiger partial charge on any atom is 0.511 e. The lowest BCUT2D eigenvalue weighted by Crippen LogP contribution is -2.66. The topological polar surface area (TPSA) is 155 Å². The molecule has 3 rings (SSSR count). The second-order valence-corrected chi connectivity index (χ2v) is 11.2. The number of amides is 2. The van der Waals surface area contributed by atoms with Gasteiger partial charge in [-0.2, -0.15) is 0 Å². The molecule has 35 heavy (non-hydrogen) atoms. The first kappa shape index (κ1) is 26.3. The number of sulfone groups is 1. The first-order chi connectivity index (χ1) is 16.4. The highest BCUT2D eigenvalue weighted by Gasteiger charge is 2.72. The van der Waals surface area contributed by atoms with Crippen LogP contribution < -0.4 is 5.32 Å². The van der Waals surface area contributed by atoms with Gasteiger partial charge in [-0.25, -0.2) is 22.8 Å². The summed E-state index contributed by atoms with van der Waals surface area (Å²) in [7, 11) is -4.03. The Balaban J connectivity index is 1.63. The molecule has 13 heteroatoms. The lowest BCUT2D eigenvalue weighted by Gasteiger charge is -2.43. The van der Waals surface area contributed by atoms with Gasteiger partial charge in [-0.15, -0.1) is 0 Å². The molecule has 12 nitrogen and oxygen atoms in total. The monoisotopic (exact) mass is 512 g/mol. The summed E-state index contributed by atoms with van der Waals surface area (Å²) in [5, 5.41) is 1.09. The summed E-state index contributed by atoms with van der Waals surface area (Å²) in [4.78, 5) is 50.1. The van der Waals surface area contributed by atoms with Crippen molar-refractivity contribution in [3.8, 4) is 0 Å². The minimum Gasteiger partial charge on any atom is -0.445 e. The van der Waals surface area contributed by atoms with Crippen molar-refractivity contribution in [2.45, 2.75) is 56.8 Å². The number of esters is 1. The van der Waals surface area contributed by atoms with E-state index in [0.717, 1.165) is 10.5 Å². The van der Waals surface area contributed by atoms with Crippen molar-refractivity contribution in [2.24, 2.45) is 5.92 Å². The smallest absolute Gasteiger partial charge is 0.445 e. The van der Waals surface area contributed by atoms with Crippen LogP contribution in [-0.2, 0) is 45.0 Å². The van der Waals surface area contributed by atoms with Gasteiger partial charge in [0.15, 0.2) is 9.84 Å². The van der Waals surface area contributed by atoms with E-state index in [-0.39, 0.29) is 19.8 Å². The van der Waals surface area contributed by atoms with Gasteiger partial charge >= 0.3 is 18.2 Å². The van der Waals surface area contributed by atoms with E-state index in [0.29, 0.717) is 0 Å². The molecular weight excluding hydrogens is 484 g/mol. The number of nitrogens with one attached hydrogen (secondary N) is 1. The molecular formula is C22H28N2O10S. The molecule has 2 aliphatic heterocycles. The number of alkyl carbamates (subject to hydrolysis) is 1. The summed E-state index contributed by atoms with van der Waals surface area (Å²) >= 11 is 0. The minimum absolute atomic E-state index is 0.00609. The van der Waals surface area contributed by atoms with Crippen LogP contribution in [0.5, 0.6) is 0 Å². The Morgan fingerprint density at radius 2 is 1.77 bits per heavy atom. The standard InChI is InChI=1S/C22H28N2O10S/c1-5-31-21(28)34-13(2)33-19(26)16-22(3,4)35(29,30)18-15(17(25)24(16)18)11-23-20(27)32-12-14-9-7-6-8-10-14/h6-10,13,15-16,18H,5,11-12H2,1-4H3,(H,23,27)/t13-,15-,16-,18+/m0/s1. The van der Waals surface area contributed by atoms with Crippen molar-refractivity contribution in [3.63, 3.8) is 0 Å². The Hall–Kier alpha value is -3.35. The molecule has 192 valence electrons.